The molecule has 0 aliphatic rings. The fourth-order valence-electron chi connectivity index (χ4n) is 1.70. The van der Waals surface area contributed by atoms with Crippen molar-refractivity contribution in [1.29, 1.82) is 0 Å². The van der Waals surface area contributed by atoms with E-state index in [-0.39, 0.29) is 12.4 Å². The van der Waals surface area contributed by atoms with E-state index in [1.807, 2.05) is 24.3 Å². The molecule has 23 heavy (non-hydrogen) atoms. The van der Waals surface area contributed by atoms with Crippen LogP contribution >= 0.6 is 0 Å². The lowest BCUT2D eigenvalue weighted by Crippen LogP contribution is -2.39. The van der Waals surface area contributed by atoms with Crippen molar-refractivity contribution in [3.8, 4) is 11.5 Å². The third-order valence-corrected chi connectivity index (χ3v) is 3.47. The first-order valence-corrected chi connectivity index (χ1v) is 7.66. The molecule has 0 saturated heterocycles. The maximum absolute atomic E-state index is 11.3. The van der Waals surface area contributed by atoms with Gasteiger partial charge in [0.1, 0.15) is 12.2 Å². The third kappa shape index (κ3) is 6.99. The molecule has 1 aromatic rings. The fraction of sp³-hybridized carbons (Fsp3) is 0.588. The number of hydrogen-bond acceptors (Lipinski definition) is 6. The van der Waals surface area contributed by atoms with Crippen molar-refractivity contribution < 1.29 is 24.1 Å². The minimum Gasteiger partial charge on any atom is -0.493 e. The highest BCUT2D eigenvalue weighted by atomic mass is 16.5. The average molecular weight is 325 g/mol. The minimum absolute atomic E-state index is 0.0668. The van der Waals surface area contributed by atoms with Crippen LogP contribution in [0.2, 0.25) is 0 Å². The van der Waals surface area contributed by atoms with E-state index in [1.165, 1.54) is 6.92 Å². The summed E-state index contributed by atoms with van der Waals surface area (Å²) < 4.78 is 16.2. The van der Waals surface area contributed by atoms with Crippen LogP contribution in [0.4, 0.5) is 0 Å². The molecule has 0 heterocycles. The summed E-state index contributed by atoms with van der Waals surface area (Å²) in [6.07, 6.45) is -0.681. The average Bonchev–Trinajstić information content (AvgIpc) is 2.53. The molecule has 2 N–H and O–H groups in total. The molecule has 0 amide bonds. The Kier molecular flexibility index (Phi) is 8.02. The van der Waals surface area contributed by atoms with Crippen LogP contribution in [0.15, 0.2) is 24.3 Å². The van der Waals surface area contributed by atoms with Gasteiger partial charge in [-0.25, -0.2) is 0 Å². The van der Waals surface area contributed by atoms with Gasteiger partial charge in [0.25, 0.3) is 0 Å². The van der Waals surface area contributed by atoms with Crippen molar-refractivity contribution in [3.05, 3.63) is 24.3 Å². The summed E-state index contributed by atoms with van der Waals surface area (Å²) in [4.78, 5) is 11.3. The monoisotopic (exact) mass is 325 g/mol. The lowest BCUT2D eigenvalue weighted by molar-refractivity contribution is -0.141. The lowest BCUT2D eigenvalue weighted by Gasteiger charge is -2.24. The molecule has 130 valence electrons. The maximum Gasteiger partial charge on any atom is 0.161 e. The first kappa shape index (κ1) is 19.4. The Balaban J connectivity index is 2.18. The zero-order valence-electron chi connectivity index (χ0n) is 14.3. The minimum atomic E-state index is -0.867. The number of aliphatic hydroxyl groups excluding tert-OH is 1. The summed E-state index contributed by atoms with van der Waals surface area (Å²) in [5.74, 6) is 1.30. The molecule has 0 aromatic heterocycles. The molecule has 6 heteroatoms. The number of carbonyl (C=O) groups excluding carboxylic acids is 1. The first-order chi connectivity index (χ1) is 10.9. The molecule has 0 fully saturated rings. The number of nitrogens with one attached hydrogen (secondary N) is 1. The molecular weight excluding hydrogens is 298 g/mol. The van der Waals surface area contributed by atoms with Gasteiger partial charge < -0.3 is 24.6 Å². The van der Waals surface area contributed by atoms with E-state index in [0.29, 0.717) is 31.2 Å². The number of carbonyl (C=O) groups is 1. The second-order valence-corrected chi connectivity index (χ2v) is 5.73. The van der Waals surface area contributed by atoms with Crippen LogP contribution in [-0.4, -0.2) is 56.0 Å². The van der Waals surface area contributed by atoms with Gasteiger partial charge in [-0.2, -0.15) is 0 Å². The zero-order valence-corrected chi connectivity index (χ0v) is 14.3. The fourth-order valence-corrected chi connectivity index (χ4v) is 1.70. The molecule has 0 unspecified atom stereocenters. The Morgan fingerprint density at radius 1 is 1.30 bits per heavy atom. The van der Waals surface area contributed by atoms with E-state index in [1.54, 1.807) is 21.0 Å². The summed E-state index contributed by atoms with van der Waals surface area (Å²) >= 11 is 0. The van der Waals surface area contributed by atoms with Gasteiger partial charge in [-0.1, -0.05) is 12.1 Å². The highest BCUT2D eigenvalue weighted by Crippen LogP contribution is 2.25. The molecule has 6 nitrogen and oxygen atoms in total. The zero-order chi connectivity index (χ0) is 17.3. The number of ether oxygens (including phenoxy) is 3. The summed E-state index contributed by atoms with van der Waals surface area (Å²) in [6, 6.07) is 7.43. The maximum atomic E-state index is 11.3. The SMILES string of the molecule is COc1ccccc1OCCNC[C@H](O)COC(C)(C)C(C)=O. The molecule has 0 aliphatic carbocycles. The van der Waals surface area contributed by atoms with Crippen molar-refractivity contribution in [2.75, 3.05) is 33.4 Å². The van der Waals surface area contributed by atoms with Gasteiger partial charge in [-0.15, -0.1) is 0 Å². The van der Waals surface area contributed by atoms with Crippen molar-refractivity contribution >= 4 is 5.78 Å². The van der Waals surface area contributed by atoms with Gasteiger partial charge in [0.05, 0.1) is 19.8 Å². The van der Waals surface area contributed by atoms with Gasteiger partial charge in [-0.3, -0.25) is 4.79 Å². The number of ketones is 1. The molecule has 1 aromatic carbocycles. The molecule has 0 spiro atoms. The van der Waals surface area contributed by atoms with Crippen LogP contribution in [0.5, 0.6) is 11.5 Å². The van der Waals surface area contributed by atoms with E-state index < -0.39 is 11.7 Å². The summed E-state index contributed by atoms with van der Waals surface area (Å²) in [5, 5.41) is 12.9. The molecule has 1 rings (SSSR count). The normalized spacial score (nSPS) is 12.7. The van der Waals surface area contributed by atoms with Crippen molar-refractivity contribution in [2.24, 2.45) is 0 Å². The van der Waals surface area contributed by atoms with E-state index in [0.717, 1.165) is 0 Å². The lowest BCUT2D eigenvalue weighted by atomic mass is 10.1. The van der Waals surface area contributed by atoms with Gasteiger partial charge in [0.2, 0.25) is 0 Å². The molecule has 0 aliphatic heterocycles. The van der Waals surface area contributed by atoms with E-state index in [2.05, 4.69) is 5.32 Å². The summed E-state index contributed by atoms with van der Waals surface area (Å²) in [5.41, 5.74) is -0.867. The van der Waals surface area contributed by atoms with E-state index in [4.69, 9.17) is 14.2 Å². The number of para-hydroxylation sites is 2. The number of aliphatic hydroxyl groups is 1. The van der Waals surface area contributed by atoms with Crippen LogP contribution in [0.25, 0.3) is 0 Å². The predicted molar refractivity (Wildman–Crippen MR) is 88.1 cm³/mol. The third-order valence-electron chi connectivity index (χ3n) is 3.47. The molecule has 0 bridgehead atoms. The number of benzene rings is 1. The van der Waals surface area contributed by atoms with E-state index >= 15 is 0 Å². The van der Waals surface area contributed by atoms with Gasteiger partial charge in [0.15, 0.2) is 17.3 Å². The van der Waals surface area contributed by atoms with E-state index in [9.17, 15) is 9.90 Å². The highest BCUT2D eigenvalue weighted by molar-refractivity contribution is 5.83. The first-order valence-electron chi connectivity index (χ1n) is 7.66. The summed E-state index contributed by atoms with van der Waals surface area (Å²) in [6.45, 7) is 6.35. The number of hydrogen-bond donors (Lipinski definition) is 2. The molecule has 0 saturated carbocycles. The Bertz CT molecular complexity index is 490. The molecule has 0 radical (unpaired) electrons. The van der Waals surface area contributed by atoms with Crippen LogP contribution in [-0.2, 0) is 9.53 Å². The second-order valence-electron chi connectivity index (χ2n) is 5.73. The Hall–Kier alpha value is -1.63. The van der Waals surface area contributed by atoms with Gasteiger partial charge >= 0.3 is 0 Å². The van der Waals surface area contributed by atoms with Crippen molar-refractivity contribution in [1.82, 2.24) is 5.32 Å². The van der Waals surface area contributed by atoms with Crippen LogP contribution in [0, 0.1) is 0 Å². The van der Waals surface area contributed by atoms with Crippen LogP contribution < -0.4 is 14.8 Å². The topological polar surface area (TPSA) is 77.0 Å². The number of Topliss-reactive ketones (excluding diaryl/α,β-unsaturated/α-hetero) is 1. The predicted octanol–water partition coefficient (Wildman–Crippen LogP) is 1.41. The van der Waals surface area contributed by atoms with Gasteiger partial charge in [-0.05, 0) is 32.9 Å². The van der Waals surface area contributed by atoms with Crippen LogP contribution in [0.3, 0.4) is 0 Å². The standard InChI is InChI=1S/C17H27NO5/c1-13(19)17(2,3)23-12-14(20)11-18-9-10-22-16-8-6-5-7-15(16)21-4/h5-8,14,18,20H,9-12H2,1-4H3/t14-/m0/s1. The Labute approximate surface area is 137 Å². The number of methoxy groups -OCH3 is 1. The quantitative estimate of drug-likeness (QED) is 0.599. The number of rotatable bonds is 11. The van der Waals surface area contributed by atoms with Crippen LogP contribution in [0.1, 0.15) is 20.8 Å². The van der Waals surface area contributed by atoms with Crippen molar-refractivity contribution in [3.63, 3.8) is 0 Å². The largest absolute Gasteiger partial charge is 0.493 e. The Morgan fingerprint density at radius 3 is 2.57 bits per heavy atom. The van der Waals surface area contributed by atoms with Crippen molar-refractivity contribution in [2.45, 2.75) is 32.5 Å². The van der Waals surface area contributed by atoms with Gasteiger partial charge in [0, 0.05) is 13.1 Å². The Morgan fingerprint density at radius 2 is 1.96 bits per heavy atom. The second kappa shape index (κ2) is 9.50. The highest BCUT2D eigenvalue weighted by Gasteiger charge is 2.25. The smallest absolute Gasteiger partial charge is 0.161 e. The molecular formula is C17H27NO5. The molecule has 1 atom stereocenters. The summed E-state index contributed by atoms with van der Waals surface area (Å²) in [7, 11) is 1.60.